The first-order valence-corrected chi connectivity index (χ1v) is 6.47. The lowest BCUT2D eigenvalue weighted by Gasteiger charge is -2.23. The first-order chi connectivity index (χ1) is 9.38. The molecule has 6 heteroatoms. The average Bonchev–Trinajstić information content (AvgIpc) is 2.89. The molecule has 1 saturated heterocycles. The van der Waals surface area contributed by atoms with E-state index in [4.69, 9.17) is 10.3 Å². The fourth-order valence-electron chi connectivity index (χ4n) is 2.44. The molecule has 1 atom stereocenters. The van der Waals surface area contributed by atoms with Crippen molar-refractivity contribution in [2.75, 3.05) is 6.61 Å². The number of rotatable bonds is 3. The van der Waals surface area contributed by atoms with Crippen LogP contribution in [-0.2, 0) is 11.3 Å². The summed E-state index contributed by atoms with van der Waals surface area (Å²) in [6.45, 7) is 1.16. The number of azide groups is 1. The third-order valence-corrected chi connectivity index (χ3v) is 3.41. The number of benzene rings is 1. The Bertz CT molecular complexity index is 623. The first-order valence-electron chi connectivity index (χ1n) is 6.47. The molecule has 1 aromatic carbocycles. The standard InChI is InChI=1S/C13H15N5O/c14-17-15-8-10-4-5-11-9-16-18(12(11)7-10)13-3-1-2-6-19-13/h4-5,7,9,13H,1-3,6,8H2. The molecule has 98 valence electrons. The van der Waals surface area contributed by atoms with E-state index >= 15 is 0 Å². The minimum atomic E-state index is 0.0287. The van der Waals surface area contributed by atoms with Gasteiger partial charge in [-0.15, -0.1) is 0 Å². The van der Waals surface area contributed by atoms with Crippen LogP contribution in [0.5, 0.6) is 0 Å². The van der Waals surface area contributed by atoms with Gasteiger partial charge >= 0.3 is 0 Å². The molecule has 0 saturated carbocycles. The van der Waals surface area contributed by atoms with Crippen molar-refractivity contribution < 1.29 is 4.74 Å². The van der Waals surface area contributed by atoms with Crippen molar-refractivity contribution in [1.29, 1.82) is 0 Å². The molecule has 2 heterocycles. The molecule has 0 N–H and O–H groups in total. The Hall–Kier alpha value is -2.04. The second-order valence-electron chi connectivity index (χ2n) is 4.69. The van der Waals surface area contributed by atoms with Crippen LogP contribution in [0.25, 0.3) is 21.3 Å². The third kappa shape index (κ3) is 2.41. The zero-order chi connectivity index (χ0) is 13.1. The number of ether oxygens (including phenoxy) is 1. The monoisotopic (exact) mass is 257 g/mol. The molecular formula is C13H15N5O. The van der Waals surface area contributed by atoms with Crippen LogP contribution in [0.3, 0.4) is 0 Å². The van der Waals surface area contributed by atoms with Crippen LogP contribution >= 0.6 is 0 Å². The highest BCUT2D eigenvalue weighted by Gasteiger charge is 2.18. The van der Waals surface area contributed by atoms with Crippen LogP contribution in [0.2, 0.25) is 0 Å². The molecule has 1 aliphatic heterocycles. The number of aromatic nitrogens is 2. The van der Waals surface area contributed by atoms with Crippen LogP contribution in [0.15, 0.2) is 29.5 Å². The van der Waals surface area contributed by atoms with Gasteiger partial charge in [0.2, 0.25) is 0 Å². The summed E-state index contributed by atoms with van der Waals surface area (Å²) in [7, 11) is 0. The van der Waals surface area contributed by atoms with Gasteiger partial charge in [0.1, 0.15) is 0 Å². The van der Waals surface area contributed by atoms with Gasteiger partial charge in [-0.3, -0.25) is 0 Å². The zero-order valence-electron chi connectivity index (χ0n) is 10.6. The topological polar surface area (TPSA) is 75.8 Å². The Labute approximate surface area is 110 Å². The number of fused-ring (bicyclic) bond motifs is 1. The normalized spacial score (nSPS) is 19.3. The van der Waals surface area contributed by atoms with Gasteiger partial charge in [-0.05, 0) is 36.4 Å². The SMILES string of the molecule is [N-]=[N+]=NCc1ccc2cnn(C3CCCCO3)c2c1. The quantitative estimate of drug-likeness (QED) is 0.479. The molecule has 6 nitrogen and oxygen atoms in total. The molecule has 3 rings (SSSR count). The van der Waals surface area contributed by atoms with E-state index in [9.17, 15) is 0 Å². The number of nitrogens with zero attached hydrogens (tertiary/aromatic N) is 5. The summed E-state index contributed by atoms with van der Waals surface area (Å²) in [6, 6.07) is 5.99. The molecule has 0 spiro atoms. The van der Waals surface area contributed by atoms with E-state index in [0.717, 1.165) is 35.9 Å². The second-order valence-corrected chi connectivity index (χ2v) is 4.69. The first kappa shape index (κ1) is 12.0. The van der Waals surface area contributed by atoms with Gasteiger partial charge in [0.25, 0.3) is 0 Å². The van der Waals surface area contributed by atoms with Crippen molar-refractivity contribution in [2.24, 2.45) is 5.11 Å². The number of hydrogen-bond donors (Lipinski definition) is 0. The van der Waals surface area contributed by atoms with Crippen molar-refractivity contribution in [3.63, 3.8) is 0 Å². The van der Waals surface area contributed by atoms with Crippen LogP contribution < -0.4 is 0 Å². The molecule has 1 aromatic heterocycles. The van der Waals surface area contributed by atoms with Crippen molar-refractivity contribution in [3.8, 4) is 0 Å². The minimum Gasteiger partial charge on any atom is -0.356 e. The molecule has 0 amide bonds. The Morgan fingerprint density at radius 2 is 2.42 bits per heavy atom. The second kappa shape index (κ2) is 5.30. The fourth-order valence-corrected chi connectivity index (χ4v) is 2.44. The van der Waals surface area contributed by atoms with E-state index < -0.39 is 0 Å². The maximum absolute atomic E-state index is 8.38. The van der Waals surface area contributed by atoms with Crippen molar-refractivity contribution >= 4 is 10.9 Å². The summed E-state index contributed by atoms with van der Waals surface area (Å²) in [5, 5.41) is 9.11. The Morgan fingerprint density at radius 1 is 1.47 bits per heavy atom. The summed E-state index contributed by atoms with van der Waals surface area (Å²) in [4.78, 5) is 2.79. The Balaban J connectivity index is 1.97. The fraction of sp³-hybridized carbons (Fsp3) is 0.462. The van der Waals surface area contributed by atoms with Gasteiger partial charge in [-0.1, -0.05) is 17.2 Å². The van der Waals surface area contributed by atoms with E-state index in [1.54, 1.807) is 0 Å². The van der Waals surface area contributed by atoms with Gasteiger partial charge in [0, 0.05) is 16.9 Å². The van der Waals surface area contributed by atoms with Gasteiger partial charge in [0.05, 0.1) is 18.3 Å². The lowest BCUT2D eigenvalue weighted by molar-refractivity contribution is -0.0366. The molecule has 1 aliphatic rings. The lowest BCUT2D eigenvalue weighted by Crippen LogP contribution is -2.18. The van der Waals surface area contributed by atoms with E-state index in [0.29, 0.717) is 6.54 Å². The van der Waals surface area contributed by atoms with Crippen molar-refractivity contribution in [3.05, 3.63) is 40.4 Å². The summed E-state index contributed by atoms with van der Waals surface area (Å²) in [5.74, 6) is 0. The van der Waals surface area contributed by atoms with Gasteiger partial charge in [-0.25, -0.2) is 4.68 Å². The Kier molecular flexibility index (Phi) is 3.35. The average molecular weight is 257 g/mol. The molecule has 0 aliphatic carbocycles. The van der Waals surface area contributed by atoms with Crippen molar-refractivity contribution in [2.45, 2.75) is 32.0 Å². The predicted molar refractivity (Wildman–Crippen MR) is 71.4 cm³/mol. The highest BCUT2D eigenvalue weighted by atomic mass is 16.5. The molecule has 1 fully saturated rings. The maximum Gasteiger partial charge on any atom is 0.150 e. The van der Waals surface area contributed by atoms with E-state index in [1.807, 2.05) is 29.1 Å². The van der Waals surface area contributed by atoms with E-state index in [-0.39, 0.29) is 6.23 Å². The summed E-state index contributed by atoms with van der Waals surface area (Å²) < 4.78 is 7.71. The number of hydrogen-bond acceptors (Lipinski definition) is 3. The predicted octanol–water partition coefficient (Wildman–Crippen LogP) is 3.55. The van der Waals surface area contributed by atoms with Crippen LogP contribution in [0.1, 0.15) is 31.1 Å². The lowest BCUT2D eigenvalue weighted by atomic mass is 10.1. The smallest absolute Gasteiger partial charge is 0.150 e. The summed E-state index contributed by atoms with van der Waals surface area (Å²) in [6.07, 6.45) is 5.17. The molecule has 19 heavy (non-hydrogen) atoms. The minimum absolute atomic E-state index is 0.0287. The molecule has 1 unspecified atom stereocenters. The molecular weight excluding hydrogens is 242 g/mol. The van der Waals surface area contributed by atoms with Gasteiger partial charge < -0.3 is 4.74 Å². The van der Waals surface area contributed by atoms with Crippen molar-refractivity contribution in [1.82, 2.24) is 9.78 Å². The Morgan fingerprint density at radius 3 is 3.21 bits per heavy atom. The van der Waals surface area contributed by atoms with Gasteiger partial charge in [-0.2, -0.15) is 5.10 Å². The highest BCUT2D eigenvalue weighted by molar-refractivity contribution is 5.79. The summed E-state index contributed by atoms with van der Waals surface area (Å²) >= 11 is 0. The zero-order valence-corrected chi connectivity index (χ0v) is 10.6. The molecule has 0 bridgehead atoms. The van der Waals surface area contributed by atoms with Crippen LogP contribution in [0, 0.1) is 0 Å². The molecule has 0 radical (unpaired) electrons. The third-order valence-electron chi connectivity index (χ3n) is 3.41. The van der Waals surface area contributed by atoms with E-state index in [2.05, 4.69) is 15.1 Å². The highest BCUT2D eigenvalue weighted by Crippen LogP contribution is 2.26. The molecule has 2 aromatic rings. The maximum atomic E-state index is 8.38. The van der Waals surface area contributed by atoms with Crippen LogP contribution in [0.4, 0.5) is 0 Å². The van der Waals surface area contributed by atoms with Gasteiger partial charge in [0.15, 0.2) is 6.23 Å². The summed E-state index contributed by atoms with van der Waals surface area (Å²) in [5.41, 5.74) is 10.4. The van der Waals surface area contributed by atoms with E-state index in [1.165, 1.54) is 6.42 Å². The van der Waals surface area contributed by atoms with Crippen LogP contribution in [-0.4, -0.2) is 16.4 Å². The largest absolute Gasteiger partial charge is 0.356 e.